The highest BCUT2D eigenvalue weighted by molar-refractivity contribution is 8.01. The van der Waals surface area contributed by atoms with Crippen LogP contribution in [0.4, 0.5) is 5.69 Å². The van der Waals surface area contributed by atoms with E-state index in [4.69, 9.17) is 0 Å². The molecule has 26 heavy (non-hydrogen) atoms. The molecule has 3 amide bonds. The third-order valence-electron chi connectivity index (χ3n) is 4.63. The van der Waals surface area contributed by atoms with Gasteiger partial charge in [0.25, 0.3) is 0 Å². The Morgan fingerprint density at radius 3 is 2.38 bits per heavy atom. The van der Waals surface area contributed by atoms with Gasteiger partial charge in [0.15, 0.2) is 0 Å². The lowest BCUT2D eigenvalue weighted by molar-refractivity contribution is -0.145. The van der Waals surface area contributed by atoms with Gasteiger partial charge in [0.2, 0.25) is 17.7 Å². The molecule has 0 bridgehead atoms. The summed E-state index contributed by atoms with van der Waals surface area (Å²) in [6.07, 6.45) is 0.179. The molecule has 1 fully saturated rings. The largest absolute Gasteiger partial charge is 0.339 e. The summed E-state index contributed by atoms with van der Waals surface area (Å²) in [5.74, 6) is -0.0353. The van der Waals surface area contributed by atoms with E-state index in [-0.39, 0.29) is 24.1 Å². The van der Waals surface area contributed by atoms with Crippen LogP contribution >= 0.6 is 11.8 Å². The average molecular weight is 375 g/mol. The molecule has 1 unspecified atom stereocenters. The fraction of sp³-hybridized carbons (Fsp3) is 0.526. The van der Waals surface area contributed by atoms with Crippen LogP contribution in [0.3, 0.4) is 0 Å². The van der Waals surface area contributed by atoms with E-state index in [0.29, 0.717) is 26.2 Å². The first-order chi connectivity index (χ1) is 12.3. The molecular weight excluding hydrogens is 350 g/mol. The van der Waals surface area contributed by atoms with Crippen molar-refractivity contribution < 1.29 is 14.4 Å². The highest BCUT2D eigenvalue weighted by atomic mass is 32.2. The Bertz CT molecular complexity index is 721. The Labute approximate surface area is 158 Å². The van der Waals surface area contributed by atoms with Crippen molar-refractivity contribution in [1.29, 1.82) is 0 Å². The number of anilines is 1. The molecule has 1 atom stereocenters. The standard InChI is InChI=1S/C19H25N3O3S/c1-19(2,3)18(25)22-10-8-21(9-11-22)16(23)12-15-17(24)20-13-6-4-5-7-14(13)26-15/h4-7,15H,8-12H2,1-3H3,(H,20,24). The second-order valence-electron chi connectivity index (χ2n) is 7.72. The van der Waals surface area contributed by atoms with E-state index in [1.165, 1.54) is 11.8 Å². The lowest BCUT2D eigenvalue weighted by Gasteiger charge is -2.38. The maximum atomic E-state index is 12.6. The van der Waals surface area contributed by atoms with Gasteiger partial charge >= 0.3 is 0 Å². The van der Waals surface area contributed by atoms with E-state index in [1.807, 2.05) is 49.9 Å². The smallest absolute Gasteiger partial charge is 0.238 e. The van der Waals surface area contributed by atoms with E-state index in [1.54, 1.807) is 4.90 Å². The van der Waals surface area contributed by atoms with Gasteiger partial charge in [-0.2, -0.15) is 0 Å². The normalized spacial score (nSPS) is 20.4. The molecule has 3 rings (SSSR count). The molecule has 0 radical (unpaired) electrons. The van der Waals surface area contributed by atoms with E-state index < -0.39 is 10.7 Å². The van der Waals surface area contributed by atoms with Gasteiger partial charge in [-0.15, -0.1) is 11.8 Å². The lowest BCUT2D eigenvalue weighted by atomic mass is 9.94. The summed E-state index contributed by atoms with van der Waals surface area (Å²) in [6, 6.07) is 7.62. The van der Waals surface area contributed by atoms with Gasteiger partial charge in [-0.3, -0.25) is 14.4 Å². The fourth-order valence-corrected chi connectivity index (χ4v) is 4.25. The molecule has 1 aromatic rings. The topological polar surface area (TPSA) is 69.7 Å². The van der Waals surface area contributed by atoms with Gasteiger partial charge in [-0.1, -0.05) is 32.9 Å². The van der Waals surface area contributed by atoms with E-state index in [0.717, 1.165) is 10.6 Å². The number of para-hydroxylation sites is 1. The molecule has 140 valence electrons. The number of thioether (sulfide) groups is 1. The number of carbonyl (C=O) groups is 3. The third-order valence-corrected chi connectivity index (χ3v) is 5.90. The SMILES string of the molecule is CC(C)(C)C(=O)N1CCN(C(=O)CC2Sc3ccccc3NC2=O)CC1. The minimum Gasteiger partial charge on any atom is -0.339 e. The monoisotopic (exact) mass is 375 g/mol. The predicted molar refractivity (Wildman–Crippen MR) is 102 cm³/mol. The molecule has 1 saturated heterocycles. The van der Waals surface area contributed by atoms with Crippen LogP contribution in [0.2, 0.25) is 0 Å². The number of hydrogen-bond acceptors (Lipinski definition) is 4. The first-order valence-corrected chi connectivity index (χ1v) is 9.77. The van der Waals surface area contributed by atoms with Gasteiger partial charge in [0.05, 0.1) is 10.9 Å². The van der Waals surface area contributed by atoms with E-state index >= 15 is 0 Å². The highest BCUT2D eigenvalue weighted by Crippen LogP contribution is 2.36. The Morgan fingerprint density at radius 2 is 1.73 bits per heavy atom. The Hall–Kier alpha value is -2.02. The van der Waals surface area contributed by atoms with Gasteiger partial charge in [0.1, 0.15) is 0 Å². The maximum Gasteiger partial charge on any atom is 0.238 e. The van der Waals surface area contributed by atoms with Crippen LogP contribution in [0.15, 0.2) is 29.2 Å². The predicted octanol–water partition coefficient (Wildman–Crippen LogP) is 2.21. The summed E-state index contributed by atoms with van der Waals surface area (Å²) >= 11 is 1.44. The molecule has 0 spiro atoms. The third kappa shape index (κ3) is 4.03. The van der Waals surface area contributed by atoms with Gasteiger partial charge in [-0.05, 0) is 12.1 Å². The molecule has 6 nitrogen and oxygen atoms in total. The van der Waals surface area contributed by atoms with Crippen molar-refractivity contribution >= 4 is 35.2 Å². The fourth-order valence-electron chi connectivity index (χ4n) is 3.15. The molecule has 2 heterocycles. The Balaban J connectivity index is 1.55. The second kappa shape index (κ2) is 7.31. The Morgan fingerprint density at radius 1 is 1.12 bits per heavy atom. The van der Waals surface area contributed by atoms with E-state index in [9.17, 15) is 14.4 Å². The molecule has 1 aromatic carbocycles. The number of benzene rings is 1. The summed E-state index contributed by atoms with van der Waals surface area (Å²) < 4.78 is 0. The molecule has 2 aliphatic rings. The average Bonchev–Trinajstić information content (AvgIpc) is 2.61. The Kier molecular flexibility index (Phi) is 5.27. The quantitative estimate of drug-likeness (QED) is 0.860. The second-order valence-corrected chi connectivity index (χ2v) is 8.96. The highest BCUT2D eigenvalue weighted by Gasteiger charge is 2.33. The van der Waals surface area contributed by atoms with Crippen LogP contribution in [0.25, 0.3) is 0 Å². The van der Waals surface area contributed by atoms with Crippen LogP contribution in [-0.4, -0.2) is 59.0 Å². The van der Waals surface area contributed by atoms with Crippen LogP contribution in [0.5, 0.6) is 0 Å². The van der Waals surface area contributed by atoms with Crippen molar-refractivity contribution in [2.75, 3.05) is 31.5 Å². The summed E-state index contributed by atoms with van der Waals surface area (Å²) in [4.78, 5) is 41.8. The zero-order chi connectivity index (χ0) is 18.9. The van der Waals surface area contributed by atoms with Gasteiger partial charge in [0, 0.05) is 42.9 Å². The minimum atomic E-state index is -0.411. The van der Waals surface area contributed by atoms with Crippen LogP contribution < -0.4 is 5.32 Å². The minimum absolute atomic E-state index is 0.0279. The number of fused-ring (bicyclic) bond motifs is 1. The lowest BCUT2D eigenvalue weighted by Crippen LogP contribution is -2.53. The zero-order valence-electron chi connectivity index (χ0n) is 15.4. The van der Waals surface area contributed by atoms with Crippen molar-refractivity contribution in [2.45, 2.75) is 37.3 Å². The number of rotatable bonds is 2. The molecule has 0 aliphatic carbocycles. The van der Waals surface area contributed by atoms with Crippen molar-refractivity contribution in [1.82, 2.24) is 9.80 Å². The number of nitrogens with zero attached hydrogens (tertiary/aromatic N) is 2. The van der Waals surface area contributed by atoms with Crippen LogP contribution in [-0.2, 0) is 14.4 Å². The number of piperazine rings is 1. The van der Waals surface area contributed by atoms with Crippen molar-refractivity contribution in [3.05, 3.63) is 24.3 Å². The summed E-state index contributed by atoms with van der Waals surface area (Å²) in [5.41, 5.74) is 0.400. The van der Waals surface area contributed by atoms with Gasteiger partial charge in [-0.25, -0.2) is 0 Å². The summed E-state index contributed by atoms with van der Waals surface area (Å²) in [6.45, 7) is 7.87. The van der Waals surface area contributed by atoms with Crippen molar-refractivity contribution in [3.8, 4) is 0 Å². The zero-order valence-corrected chi connectivity index (χ0v) is 16.3. The van der Waals surface area contributed by atoms with Gasteiger partial charge < -0.3 is 15.1 Å². The maximum absolute atomic E-state index is 12.6. The molecule has 0 aromatic heterocycles. The molecule has 1 N–H and O–H groups in total. The van der Waals surface area contributed by atoms with Crippen molar-refractivity contribution in [2.24, 2.45) is 5.41 Å². The molecule has 7 heteroatoms. The molecular formula is C19H25N3O3S. The van der Waals surface area contributed by atoms with Crippen LogP contribution in [0, 0.1) is 5.41 Å². The number of carbonyl (C=O) groups excluding carboxylic acids is 3. The molecule has 2 aliphatic heterocycles. The summed E-state index contributed by atoms with van der Waals surface area (Å²) in [5, 5.41) is 2.46. The summed E-state index contributed by atoms with van der Waals surface area (Å²) in [7, 11) is 0. The van der Waals surface area contributed by atoms with E-state index in [2.05, 4.69) is 5.32 Å². The first kappa shape index (κ1) is 18.8. The first-order valence-electron chi connectivity index (χ1n) is 8.89. The number of amides is 3. The van der Waals surface area contributed by atoms with Crippen LogP contribution in [0.1, 0.15) is 27.2 Å². The number of hydrogen-bond donors (Lipinski definition) is 1. The molecule has 0 saturated carbocycles. The van der Waals surface area contributed by atoms with Crippen molar-refractivity contribution in [3.63, 3.8) is 0 Å². The number of nitrogens with one attached hydrogen (secondary N) is 1.